The average molecular weight is 297 g/mol. The van der Waals surface area contributed by atoms with E-state index in [-0.39, 0.29) is 6.04 Å². The third-order valence-electron chi connectivity index (χ3n) is 3.49. The molecule has 19 heavy (non-hydrogen) atoms. The molecule has 1 aromatic carbocycles. The molecule has 1 atom stereocenters. The average Bonchev–Trinajstić information content (AvgIpc) is 2.96. The topological polar surface area (TPSA) is 42.4 Å². The van der Waals surface area contributed by atoms with Gasteiger partial charge in [-0.25, -0.2) is 0 Å². The maximum Gasteiger partial charge on any atom is 0.117 e. The maximum absolute atomic E-state index is 6.31. The molecule has 2 heterocycles. The second kappa shape index (κ2) is 5.17. The second-order valence-corrected chi connectivity index (χ2v) is 5.54. The zero-order chi connectivity index (χ0) is 13.4. The molecule has 0 spiro atoms. The Kier molecular flexibility index (Phi) is 3.54. The normalized spacial score (nSPS) is 18.8. The van der Waals surface area contributed by atoms with Crippen molar-refractivity contribution in [2.24, 2.45) is 5.73 Å². The van der Waals surface area contributed by atoms with Crippen LogP contribution in [-0.2, 0) is 13.1 Å². The van der Waals surface area contributed by atoms with Crippen molar-refractivity contribution in [3.8, 4) is 0 Å². The molecule has 1 aliphatic rings. The number of hydrogen-bond acceptors (Lipinski definition) is 3. The summed E-state index contributed by atoms with van der Waals surface area (Å²) in [7, 11) is 0. The number of nitrogens with two attached hydrogens (primary N) is 1. The van der Waals surface area contributed by atoms with Crippen molar-refractivity contribution in [1.82, 2.24) is 4.90 Å². The Morgan fingerprint density at radius 1 is 1.37 bits per heavy atom. The summed E-state index contributed by atoms with van der Waals surface area (Å²) in [6.45, 7) is 2.03. The van der Waals surface area contributed by atoms with Gasteiger partial charge in [0.15, 0.2) is 0 Å². The van der Waals surface area contributed by atoms with Crippen LogP contribution in [0.2, 0.25) is 10.0 Å². The monoisotopic (exact) mass is 296 g/mol. The molecule has 3 rings (SSSR count). The SMILES string of the molecule is NCC1c2c(Cl)cc(Cl)cc2CN1Cc1ccco1. The van der Waals surface area contributed by atoms with Crippen LogP contribution < -0.4 is 5.73 Å². The molecular weight excluding hydrogens is 283 g/mol. The van der Waals surface area contributed by atoms with E-state index in [0.717, 1.165) is 30.0 Å². The Labute approximate surface area is 121 Å². The minimum absolute atomic E-state index is 0.116. The van der Waals surface area contributed by atoms with Crippen molar-refractivity contribution in [2.75, 3.05) is 6.54 Å². The zero-order valence-electron chi connectivity index (χ0n) is 10.3. The highest BCUT2D eigenvalue weighted by atomic mass is 35.5. The van der Waals surface area contributed by atoms with Gasteiger partial charge in [-0.15, -0.1) is 0 Å². The minimum atomic E-state index is 0.116. The van der Waals surface area contributed by atoms with Crippen molar-refractivity contribution < 1.29 is 4.42 Å². The van der Waals surface area contributed by atoms with Gasteiger partial charge in [0.1, 0.15) is 5.76 Å². The maximum atomic E-state index is 6.31. The van der Waals surface area contributed by atoms with E-state index in [2.05, 4.69) is 4.90 Å². The van der Waals surface area contributed by atoms with Crippen LogP contribution in [0.25, 0.3) is 0 Å². The molecule has 0 saturated carbocycles. The Bertz CT molecular complexity index is 583. The molecular formula is C14H14Cl2N2O. The first-order valence-corrected chi connectivity index (χ1v) is 6.89. The highest BCUT2D eigenvalue weighted by Crippen LogP contribution is 2.40. The van der Waals surface area contributed by atoms with E-state index in [1.807, 2.05) is 18.2 Å². The van der Waals surface area contributed by atoms with Crippen molar-refractivity contribution in [3.63, 3.8) is 0 Å². The van der Waals surface area contributed by atoms with Gasteiger partial charge in [-0.2, -0.15) is 0 Å². The Hall–Kier alpha value is -1.00. The van der Waals surface area contributed by atoms with Crippen LogP contribution in [0, 0.1) is 0 Å². The van der Waals surface area contributed by atoms with E-state index in [0.29, 0.717) is 16.6 Å². The van der Waals surface area contributed by atoms with Crippen LogP contribution in [0.1, 0.15) is 22.9 Å². The van der Waals surface area contributed by atoms with Crippen LogP contribution in [0.3, 0.4) is 0 Å². The molecule has 0 aliphatic carbocycles. The lowest BCUT2D eigenvalue weighted by molar-refractivity contribution is 0.194. The summed E-state index contributed by atoms with van der Waals surface area (Å²) >= 11 is 12.4. The Morgan fingerprint density at radius 3 is 2.89 bits per heavy atom. The molecule has 0 radical (unpaired) electrons. The predicted octanol–water partition coefficient (Wildman–Crippen LogP) is 3.60. The zero-order valence-corrected chi connectivity index (χ0v) is 11.8. The molecule has 2 N–H and O–H groups in total. The molecule has 0 bridgehead atoms. The third-order valence-corrected chi connectivity index (χ3v) is 4.02. The first-order valence-electron chi connectivity index (χ1n) is 6.13. The minimum Gasteiger partial charge on any atom is -0.468 e. The van der Waals surface area contributed by atoms with Gasteiger partial charge in [-0.05, 0) is 35.4 Å². The van der Waals surface area contributed by atoms with Crippen molar-refractivity contribution >= 4 is 23.2 Å². The molecule has 0 amide bonds. The van der Waals surface area contributed by atoms with Crippen molar-refractivity contribution in [2.45, 2.75) is 19.1 Å². The van der Waals surface area contributed by atoms with Crippen LogP contribution in [0.15, 0.2) is 34.9 Å². The van der Waals surface area contributed by atoms with Gasteiger partial charge < -0.3 is 10.2 Å². The third kappa shape index (κ3) is 2.39. The van der Waals surface area contributed by atoms with Crippen LogP contribution in [0.5, 0.6) is 0 Å². The van der Waals surface area contributed by atoms with Gasteiger partial charge in [0, 0.05) is 29.2 Å². The van der Waals surface area contributed by atoms with Gasteiger partial charge in [0.2, 0.25) is 0 Å². The number of nitrogens with zero attached hydrogens (tertiary/aromatic N) is 1. The Morgan fingerprint density at radius 2 is 2.21 bits per heavy atom. The van der Waals surface area contributed by atoms with Gasteiger partial charge in [0.25, 0.3) is 0 Å². The second-order valence-electron chi connectivity index (χ2n) is 4.70. The number of fused-ring (bicyclic) bond motifs is 1. The number of hydrogen-bond donors (Lipinski definition) is 1. The summed E-state index contributed by atoms with van der Waals surface area (Å²) in [5.74, 6) is 0.925. The van der Waals surface area contributed by atoms with E-state index in [1.165, 1.54) is 0 Å². The fraction of sp³-hybridized carbons (Fsp3) is 0.286. The molecule has 5 heteroatoms. The fourth-order valence-corrected chi connectivity index (χ4v) is 3.35. The van der Waals surface area contributed by atoms with E-state index >= 15 is 0 Å². The van der Waals surface area contributed by atoms with Gasteiger partial charge >= 0.3 is 0 Å². The lowest BCUT2D eigenvalue weighted by Crippen LogP contribution is -2.27. The summed E-state index contributed by atoms with van der Waals surface area (Å²) in [4.78, 5) is 2.26. The van der Waals surface area contributed by atoms with E-state index < -0.39 is 0 Å². The quantitative estimate of drug-likeness (QED) is 0.941. The smallest absolute Gasteiger partial charge is 0.117 e. The molecule has 1 aromatic heterocycles. The summed E-state index contributed by atoms with van der Waals surface area (Å²) in [5.41, 5.74) is 8.16. The van der Waals surface area contributed by atoms with Gasteiger partial charge in [-0.1, -0.05) is 23.2 Å². The molecule has 1 aliphatic heterocycles. The number of rotatable bonds is 3. The molecule has 100 valence electrons. The Balaban J connectivity index is 1.92. The standard InChI is InChI=1S/C14H14Cl2N2O/c15-10-4-9-7-18(8-11-2-1-3-19-11)13(6-17)14(9)12(16)5-10/h1-5,13H,6-8,17H2. The molecule has 0 fully saturated rings. The lowest BCUT2D eigenvalue weighted by atomic mass is 10.0. The van der Waals surface area contributed by atoms with E-state index in [9.17, 15) is 0 Å². The van der Waals surface area contributed by atoms with E-state index in [1.54, 1.807) is 12.3 Å². The summed E-state index contributed by atoms with van der Waals surface area (Å²) in [5, 5.41) is 1.36. The first-order chi connectivity index (χ1) is 9.19. The van der Waals surface area contributed by atoms with Gasteiger partial charge in [0.05, 0.1) is 12.8 Å². The van der Waals surface area contributed by atoms with Crippen LogP contribution in [-0.4, -0.2) is 11.4 Å². The van der Waals surface area contributed by atoms with Crippen LogP contribution in [0.4, 0.5) is 0 Å². The van der Waals surface area contributed by atoms with Crippen LogP contribution >= 0.6 is 23.2 Å². The number of halogens is 2. The van der Waals surface area contributed by atoms with Crippen molar-refractivity contribution in [3.05, 3.63) is 57.5 Å². The molecule has 0 saturated heterocycles. The largest absolute Gasteiger partial charge is 0.468 e. The molecule has 2 aromatic rings. The molecule has 1 unspecified atom stereocenters. The van der Waals surface area contributed by atoms with Crippen molar-refractivity contribution in [1.29, 1.82) is 0 Å². The summed E-state index contributed by atoms with van der Waals surface area (Å²) in [6.07, 6.45) is 1.68. The fourth-order valence-electron chi connectivity index (χ4n) is 2.69. The summed E-state index contributed by atoms with van der Waals surface area (Å²) < 4.78 is 5.40. The number of benzene rings is 1. The highest BCUT2D eigenvalue weighted by molar-refractivity contribution is 6.35. The number of furan rings is 1. The lowest BCUT2D eigenvalue weighted by Gasteiger charge is -2.22. The van der Waals surface area contributed by atoms with Gasteiger partial charge in [-0.3, -0.25) is 4.90 Å². The first kappa shape index (κ1) is 13.0. The summed E-state index contributed by atoms with van der Waals surface area (Å²) in [6, 6.07) is 7.71. The van der Waals surface area contributed by atoms with E-state index in [4.69, 9.17) is 33.4 Å². The highest BCUT2D eigenvalue weighted by Gasteiger charge is 2.31. The molecule has 3 nitrogen and oxygen atoms in total. The predicted molar refractivity (Wildman–Crippen MR) is 76.2 cm³/mol.